The van der Waals surface area contributed by atoms with Crippen molar-refractivity contribution < 1.29 is 4.79 Å². The highest BCUT2D eigenvalue weighted by atomic mass is 16.2. The van der Waals surface area contributed by atoms with Crippen LogP contribution in [0.2, 0.25) is 0 Å². The van der Waals surface area contributed by atoms with Crippen LogP contribution in [0.15, 0.2) is 47.4 Å². The maximum atomic E-state index is 12.5. The minimum atomic E-state index is -0.121. The van der Waals surface area contributed by atoms with Crippen LogP contribution in [0.25, 0.3) is 10.9 Å². The van der Waals surface area contributed by atoms with Gasteiger partial charge in [0.2, 0.25) is 5.91 Å². The molecule has 26 heavy (non-hydrogen) atoms. The zero-order valence-electron chi connectivity index (χ0n) is 14.8. The van der Waals surface area contributed by atoms with E-state index >= 15 is 0 Å². The standard InChI is InChI=1S/C20H22N4O2/c1-23-19(25)13-16-12-15(6-7-17(16)22-23)20(26)21-9-11-24-10-8-14-4-2-3-5-18(14)24/h2-5,8,10,13,15H,6-7,9,11-12H2,1H3,(H,21,26). The van der Waals surface area contributed by atoms with Crippen molar-refractivity contribution in [3.05, 3.63) is 64.2 Å². The van der Waals surface area contributed by atoms with Crippen molar-refractivity contribution in [2.45, 2.75) is 25.8 Å². The molecule has 1 unspecified atom stereocenters. The SMILES string of the molecule is Cn1nc2c(cc1=O)CC(C(=O)NCCn1ccc3ccccc31)CC2. The molecule has 0 bridgehead atoms. The quantitative estimate of drug-likeness (QED) is 0.778. The number of nitrogens with one attached hydrogen (secondary N) is 1. The van der Waals surface area contributed by atoms with Crippen LogP contribution in [0.1, 0.15) is 17.7 Å². The molecule has 0 spiro atoms. The van der Waals surface area contributed by atoms with Gasteiger partial charge in [-0.2, -0.15) is 5.10 Å². The molecule has 0 fully saturated rings. The summed E-state index contributed by atoms with van der Waals surface area (Å²) in [5, 5.41) is 8.56. The van der Waals surface area contributed by atoms with Gasteiger partial charge in [-0.05, 0) is 42.3 Å². The van der Waals surface area contributed by atoms with Crippen LogP contribution in [0, 0.1) is 5.92 Å². The monoisotopic (exact) mass is 350 g/mol. The number of nitrogens with zero attached hydrogens (tertiary/aromatic N) is 3. The summed E-state index contributed by atoms with van der Waals surface area (Å²) in [6.07, 6.45) is 4.16. The summed E-state index contributed by atoms with van der Waals surface area (Å²) in [6, 6.07) is 11.9. The van der Waals surface area contributed by atoms with Crippen molar-refractivity contribution >= 4 is 16.8 Å². The molecular weight excluding hydrogens is 328 g/mol. The molecule has 0 saturated carbocycles. The molecule has 1 N–H and O–H groups in total. The first kappa shape index (κ1) is 16.6. The normalized spacial score (nSPS) is 16.4. The molecule has 0 saturated heterocycles. The van der Waals surface area contributed by atoms with Crippen molar-refractivity contribution in [2.75, 3.05) is 6.54 Å². The van der Waals surface area contributed by atoms with E-state index in [9.17, 15) is 9.59 Å². The van der Waals surface area contributed by atoms with E-state index in [2.05, 4.69) is 39.4 Å². The lowest BCUT2D eigenvalue weighted by Gasteiger charge is -2.23. The Bertz CT molecular complexity index is 1020. The van der Waals surface area contributed by atoms with E-state index < -0.39 is 0 Å². The number of hydrogen-bond acceptors (Lipinski definition) is 3. The minimum Gasteiger partial charge on any atom is -0.354 e. The summed E-state index contributed by atoms with van der Waals surface area (Å²) in [6.45, 7) is 1.33. The zero-order chi connectivity index (χ0) is 18.1. The lowest BCUT2D eigenvalue weighted by atomic mass is 9.86. The third kappa shape index (κ3) is 3.14. The largest absolute Gasteiger partial charge is 0.354 e. The number of carbonyl (C=O) groups excluding carboxylic acids is 1. The van der Waals surface area contributed by atoms with Gasteiger partial charge in [0.25, 0.3) is 5.56 Å². The Kier molecular flexibility index (Phi) is 4.32. The van der Waals surface area contributed by atoms with E-state index in [4.69, 9.17) is 0 Å². The summed E-state index contributed by atoms with van der Waals surface area (Å²) >= 11 is 0. The molecule has 6 heteroatoms. The van der Waals surface area contributed by atoms with Gasteiger partial charge in [0.15, 0.2) is 0 Å². The van der Waals surface area contributed by atoms with Gasteiger partial charge in [-0.3, -0.25) is 9.59 Å². The van der Waals surface area contributed by atoms with E-state index in [1.807, 2.05) is 12.1 Å². The fraction of sp³-hybridized carbons (Fsp3) is 0.350. The summed E-state index contributed by atoms with van der Waals surface area (Å²) in [4.78, 5) is 24.3. The molecule has 134 valence electrons. The van der Waals surface area contributed by atoms with Gasteiger partial charge < -0.3 is 9.88 Å². The summed E-state index contributed by atoms with van der Waals surface area (Å²) in [5.41, 5.74) is 2.91. The number of amides is 1. The second kappa shape index (κ2) is 6.78. The van der Waals surface area contributed by atoms with Crippen LogP contribution < -0.4 is 10.9 Å². The number of aromatic nitrogens is 3. The third-order valence-electron chi connectivity index (χ3n) is 5.16. The summed E-state index contributed by atoms with van der Waals surface area (Å²) in [7, 11) is 1.66. The molecule has 1 aliphatic rings. The molecular formula is C20H22N4O2. The maximum Gasteiger partial charge on any atom is 0.266 e. The van der Waals surface area contributed by atoms with Crippen LogP contribution in [-0.4, -0.2) is 26.8 Å². The highest BCUT2D eigenvalue weighted by molar-refractivity contribution is 5.80. The van der Waals surface area contributed by atoms with Crippen molar-refractivity contribution in [1.29, 1.82) is 0 Å². The first-order valence-electron chi connectivity index (χ1n) is 8.99. The van der Waals surface area contributed by atoms with Crippen molar-refractivity contribution in [1.82, 2.24) is 19.7 Å². The number of aryl methyl sites for hydroxylation is 2. The van der Waals surface area contributed by atoms with Crippen molar-refractivity contribution in [3.63, 3.8) is 0 Å². The fourth-order valence-corrected chi connectivity index (χ4v) is 3.69. The zero-order valence-corrected chi connectivity index (χ0v) is 14.8. The number of rotatable bonds is 4. The van der Waals surface area contributed by atoms with Gasteiger partial charge in [-0.1, -0.05) is 18.2 Å². The molecule has 2 heterocycles. The summed E-state index contributed by atoms with van der Waals surface area (Å²) < 4.78 is 3.51. The minimum absolute atomic E-state index is 0.0628. The maximum absolute atomic E-state index is 12.5. The molecule has 1 aliphatic carbocycles. The van der Waals surface area contributed by atoms with Gasteiger partial charge in [0.1, 0.15) is 0 Å². The van der Waals surface area contributed by atoms with Crippen LogP contribution in [0.5, 0.6) is 0 Å². The second-order valence-corrected chi connectivity index (χ2v) is 6.88. The topological polar surface area (TPSA) is 68.9 Å². The van der Waals surface area contributed by atoms with Gasteiger partial charge in [-0.15, -0.1) is 0 Å². The molecule has 0 aliphatic heterocycles. The second-order valence-electron chi connectivity index (χ2n) is 6.88. The lowest BCUT2D eigenvalue weighted by molar-refractivity contribution is -0.125. The Morgan fingerprint density at radius 3 is 3.04 bits per heavy atom. The first-order chi connectivity index (χ1) is 12.6. The highest BCUT2D eigenvalue weighted by Gasteiger charge is 2.26. The van der Waals surface area contributed by atoms with Crippen LogP contribution in [-0.2, 0) is 31.2 Å². The van der Waals surface area contributed by atoms with Gasteiger partial charge in [-0.25, -0.2) is 4.68 Å². The van der Waals surface area contributed by atoms with Gasteiger partial charge in [0.05, 0.1) is 5.69 Å². The molecule has 1 atom stereocenters. The Hall–Kier alpha value is -2.89. The van der Waals surface area contributed by atoms with Crippen molar-refractivity contribution in [3.8, 4) is 0 Å². The predicted molar refractivity (Wildman–Crippen MR) is 99.9 cm³/mol. The summed E-state index contributed by atoms with van der Waals surface area (Å²) in [5.74, 6) is -0.0226. The predicted octanol–water partition coefficient (Wildman–Crippen LogP) is 1.66. The average Bonchev–Trinajstić information content (AvgIpc) is 3.05. The van der Waals surface area contributed by atoms with E-state index in [-0.39, 0.29) is 17.4 Å². The Morgan fingerprint density at radius 1 is 1.31 bits per heavy atom. The van der Waals surface area contributed by atoms with Crippen LogP contribution in [0.3, 0.4) is 0 Å². The Balaban J connectivity index is 1.37. The molecule has 2 aromatic heterocycles. The van der Waals surface area contributed by atoms with Crippen molar-refractivity contribution in [2.24, 2.45) is 13.0 Å². The van der Waals surface area contributed by atoms with E-state index in [0.717, 1.165) is 30.6 Å². The molecule has 1 aromatic carbocycles. The first-order valence-corrected chi connectivity index (χ1v) is 8.99. The van der Waals surface area contributed by atoms with Crippen LogP contribution >= 0.6 is 0 Å². The van der Waals surface area contributed by atoms with Gasteiger partial charge >= 0.3 is 0 Å². The average molecular weight is 350 g/mol. The number of para-hydroxylation sites is 1. The van der Waals surface area contributed by atoms with E-state index in [0.29, 0.717) is 13.0 Å². The molecule has 0 radical (unpaired) electrons. The van der Waals surface area contributed by atoms with E-state index in [1.54, 1.807) is 13.1 Å². The Morgan fingerprint density at radius 2 is 2.15 bits per heavy atom. The van der Waals surface area contributed by atoms with Gasteiger partial charge in [0, 0.05) is 43.8 Å². The fourth-order valence-electron chi connectivity index (χ4n) is 3.69. The number of hydrogen-bond donors (Lipinski definition) is 1. The molecule has 4 rings (SSSR count). The molecule has 6 nitrogen and oxygen atoms in total. The molecule has 3 aromatic rings. The van der Waals surface area contributed by atoms with E-state index in [1.165, 1.54) is 15.6 Å². The third-order valence-corrected chi connectivity index (χ3v) is 5.16. The highest BCUT2D eigenvalue weighted by Crippen LogP contribution is 2.23. The Labute approximate surface area is 151 Å². The smallest absolute Gasteiger partial charge is 0.266 e. The molecule has 1 amide bonds. The number of fused-ring (bicyclic) bond motifs is 2. The lowest BCUT2D eigenvalue weighted by Crippen LogP contribution is -2.37. The number of carbonyl (C=O) groups is 1. The van der Waals surface area contributed by atoms with Crippen LogP contribution in [0.4, 0.5) is 0 Å². The number of benzene rings is 1.